The van der Waals surface area contributed by atoms with E-state index in [0.717, 1.165) is 48.0 Å². The summed E-state index contributed by atoms with van der Waals surface area (Å²) in [6.45, 7) is 3.05. The summed E-state index contributed by atoms with van der Waals surface area (Å²) in [5, 5.41) is 2.08. The molecule has 2 aromatic rings. The van der Waals surface area contributed by atoms with Crippen molar-refractivity contribution in [3.05, 3.63) is 50.4 Å². The molecule has 1 aromatic heterocycles. The predicted octanol–water partition coefficient (Wildman–Crippen LogP) is 5.10. The van der Waals surface area contributed by atoms with Gasteiger partial charge in [0.2, 0.25) is 0 Å². The van der Waals surface area contributed by atoms with Gasteiger partial charge < -0.3 is 4.90 Å². The average Bonchev–Trinajstić information content (AvgIpc) is 3.25. The summed E-state index contributed by atoms with van der Waals surface area (Å²) in [5.41, 5.74) is 5.03. The van der Waals surface area contributed by atoms with Crippen molar-refractivity contribution >= 4 is 33.2 Å². The van der Waals surface area contributed by atoms with E-state index in [1.165, 1.54) is 18.4 Å². The Labute approximate surface area is 156 Å². The summed E-state index contributed by atoms with van der Waals surface area (Å²) < 4.78 is 1.05. The molecule has 1 saturated heterocycles. The molecule has 0 radical (unpaired) electrons. The van der Waals surface area contributed by atoms with Crippen molar-refractivity contribution in [2.24, 2.45) is 0 Å². The highest BCUT2D eigenvalue weighted by Gasteiger charge is 2.30. The molecule has 1 aliphatic rings. The largest absolute Gasteiger partial charge is 0.335 e. The van der Waals surface area contributed by atoms with Gasteiger partial charge in [0.05, 0.1) is 11.2 Å². The van der Waals surface area contributed by atoms with Gasteiger partial charge in [-0.25, -0.2) is 4.98 Å². The lowest BCUT2D eigenvalue weighted by molar-refractivity contribution is 0.0736. The molecular formula is C19H23BrN2OS. The van der Waals surface area contributed by atoms with Crippen LogP contribution in [0.3, 0.4) is 0 Å². The molecule has 0 spiro atoms. The molecule has 24 heavy (non-hydrogen) atoms. The third-order valence-corrected chi connectivity index (χ3v) is 6.04. The number of thiazole rings is 1. The maximum atomic E-state index is 13.0. The van der Waals surface area contributed by atoms with Crippen LogP contribution in [0.1, 0.15) is 54.2 Å². The molecule has 3 nitrogen and oxygen atoms in total. The van der Waals surface area contributed by atoms with Gasteiger partial charge in [-0.05, 0) is 43.4 Å². The standard InChI is InChI=1S/C19H23BrN2OS/c1-2-3-5-14-7-8-15(10-18(14)20)19(23)22-9-4-6-17(22)11-16-12-24-13-21-16/h7-8,10,12-13,17H,2-6,9,11H2,1H3. The fourth-order valence-corrected chi connectivity index (χ4v) is 4.46. The molecule has 5 heteroatoms. The molecule has 0 saturated carbocycles. The minimum absolute atomic E-state index is 0.149. The minimum Gasteiger partial charge on any atom is -0.335 e. The number of aromatic nitrogens is 1. The number of halogens is 1. The van der Waals surface area contributed by atoms with E-state index in [0.29, 0.717) is 0 Å². The summed E-state index contributed by atoms with van der Waals surface area (Å²) >= 11 is 5.26. The van der Waals surface area contributed by atoms with Crippen molar-refractivity contribution in [3.8, 4) is 0 Å². The molecule has 0 bridgehead atoms. The van der Waals surface area contributed by atoms with Gasteiger partial charge in [0.25, 0.3) is 5.91 Å². The van der Waals surface area contributed by atoms with E-state index < -0.39 is 0 Å². The smallest absolute Gasteiger partial charge is 0.254 e. The lowest BCUT2D eigenvalue weighted by Crippen LogP contribution is -2.36. The molecule has 1 aromatic carbocycles. The third kappa shape index (κ3) is 4.06. The number of nitrogens with zero attached hydrogens (tertiary/aromatic N) is 2. The zero-order valence-electron chi connectivity index (χ0n) is 14.0. The molecular weight excluding hydrogens is 384 g/mol. The zero-order valence-corrected chi connectivity index (χ0v) is 16.4. The molecule has 128 valence electrons. The van der Waals surface area contributed by atoms with Gasteiger partial charge in [-0.3, -0.25) is 4.79 Å². The van der Waals surface area contributed by atoms with E-state index in [2.05, 4.69) is 39.3 Å². The predicted molar refractivity (Wildman–Crippen MR) is 103 cm³/mol. The number of hydrogen-bond donors (Lipinski definition) is 0. The second kappa shape index (κ2) is 8.26. The Morgan fingerprint density at radius 3 is 3.04 bits per heavy atom. The van der Waals surface area contributed by atoms with Crippen LogP contribution in [0.15, 0.2) is 33.6 Å². The number of aryl methyl sites for hydroxylation is 1. The van der Waals surface area contributed by atoms with E-state index >= 15 is 0 Å². The van der Waals surface area contributed by atoms with Crippen LogP contribution in [0, 0.1) is 0 Å². The number of carbonyl (C=O) groups is 1. The number of carbonyl (C=O) groups excluding carboxylic acids is 1. The Morgan fingerprint density at radius 1 is 1.46 bits per heavy atom. The first-order chi connectivity index (χ1) is 11.7. The van der Waals surface area contributed by atoms with Gasteiger partial charge >= 0.3 is 0 Å². The molecule has 1 unspecified atom stereocenters. The van der Waals surface area contributed by atoms with Gasteiger partial charge in [0, 0.05) is 34.4 Å². The highest BCUT2D eigenvalue weighted by atomic mass is 79.9. The van der Waals surface area contributed by atoms with Crippen molar-refractivity contribution in [2.45, 2.75) is 51.5 Å². The quantitative estimate of drug-likeness (QED) is 0.668. The minimum atomic E-state index is 0.149. The highest BCUT2D eigenvalue weighted by molar-refractivity contribution is 9.10. The number of rotatable bonds is 6. The van der Waals surface area contributed by atoms with Crippen LogP contribution in [-0.4, -0.2) is 28.4 Å². The molecule has 1 atom stereocenters. The maximum Gasteiger partial charge on any atom is 0.254 e. The molecule has 0 aliphatic carbocycles. The first kappa shape index (κ1) is 17.6. The SMILES string of the molecule is CCCCc1ccc(C(=O)N2CCCC2Cc2cscn2)cc1Br. The second-order valence-electron chi connectivity index (χ2n) is 6.39. The topological polar surface area (TPSA) is 33.2 Å². The van der Waals surface area contributed by atoms with Crippen molar-refractivity contribution in [3.63, 3.8) is 0 Å². The molecule has 1 aliphatic heterocycles. The number of likely N-dealkylation sites (tertiary alicyclic amines) is 1. The molecule has 1 fully saturated rings. The van der Waals surface area contributed by atoms with E-state index in [4.69, 9.17) is 0 Å². The van der Waals surface area contributed by atoms with Gasteiger partial charge in [-0.1, -0.05) is 35.3 Å². The summed E-state index contributed by atoms with van der Waals surface area (Å²) in [7, 11) is 0. The van der Waals surface area contributed by atoms with Gasteiger partial charge in [-0.15, -0.1) is 11.3 Å². The molecule has 3 rings (SSSR count). The van der Waals surface area contributed by atoms with Gasteiger partial charge in [0.1, 0.15) is 0 Å². The first-order valence-electron chi connectivity index (χ1n) is 8.65. The first-order valence-corrected chi connectivity index (χ1v) is 10.4. The van der Waals surface area contributed by atoms with Crippen LogP contribution >= 0.6 is 27.3 Å². The van der Waals surface area contributed by atoms with Crippen LogP contribution in [0.2, 0.25) is 0 Å². The Hall–Kier alpha value is -1.20. The summed E-state index contributed by atoms with van der Waals surface area (Å²) in [5.74, 6) is 0.149. The maximum absolute atomic E-state index is 13.0. The lowest BCUT2D eigenvalue weighted by atomic mass is 10.0. The van der Waals surface area contributed by atoms with E-state index in [9.17, 15) is 4.79 Å². The van der Waals surface area contributed by atoms with Crippen LogP contribution in [-0.2, 0) is 12.8 Å². The van der Waals surface area contributed by atoms with Crippen molar-refractivity contribution in [1.82, 2.24) is 9.88 Å². The molecule has 2 heterocycles. The fraction of sp³-hybridized carbons (Fsp3) is 0.474. The van der Waals surface area contributed by atoms with Gasteiger partial charge in [-0.2, -0.15) is 0 Å². The molecule has 1 amide bonds. The number of hydrogen-bond acceptors (Lipinski definition) is 3. The molecule has 0 N–H and O–H groups in total. The monoisotopic (exact) mass is 406 g/mol. The normalized spacial score (nSPS) is 17.4. The summed E-state index contributed by atoms with van der Waals surface area (Å²) in [6, 6.07) is 6.35. The average molecular weight is 407 g/mol. The van der Waals surface area contributed by atoms with E-state index in [1.54, 1.807) is 11.3 Å². The second-order valence-corrected chi connectivity index (χ2v) is 7.96. The Morgan fingerprint density at radius 2 is 2.33 bits per heavy atom. The van der Waals surface area contributed by atoms with Crippen molar-refractivity contribution < 1.29 is 4.79 Å². The van der Waals surface area contributed by atoms with Gasteiger partial charge in [0.15, 0.2) is 0 Å². The Kier molecular flexibility index (Phi) is 6.06. The Bertz CT molecular complexity index is 687. The number of unbranched alkanes of at least 4 members (excludes halogenated alkanes) is 1. The van der Waals surface area contributed by atoms with Crippen LogP contribution in [0.5, 0.6) is 0 Å². The van der Waals surface area contributed by atoms with Crippen LogP contribution < -0.4 is 0 Å². The summed E-state index contributed by atoms with van der Waals surface area (Å²) in [6.07, 6.45) is 6.43. The van der Waals surface area contributed by atoms with Crippen LogP contribution in [0.4, 0.5) is 0 Å². The van der Waals surface area contributed by atoms with E-state index in [1.807, 2.05) is 22.5 Å². The van der Waals surface area contributed by atoms with Crippen molar-refractivity contribution in [1.29, 1.82) is 0 Å². The zero-order chi connectivity index (χ0) is 16.9. The van der Waals surface area contributed by atoms with Crippen LogP contribution in [0.25, 0.3) is 0 Å². The lowest BCUT2D eigenvalue weighted by Gasteiger charge is -2.24. The highest BCUT2D eigenvalue weighted by Crippen LogP contribution is 2.26. The van der Waals surface area contributed by atoms with E-state index in [-0.39, 0.29) is 11.9 Å². The summed E-state index contributed by atoms with van der Waals surface area (Å²) in [4.78, 5) is 19.4. The fourth-order valence-electron chi connectivity index (χ4n) is 3.31. The van der Waals surface area contributed by atoms with Crippen molar-refractivity contribution in [2.75, 3.05) is 6.54 Å². The number of amides is 1. The number of benzene rings is 1. The third-order valence-electron chi connectivity index (χ3n) is 4.67. The Balaban J connectivity index is 1.71.